The van der Waals surface area contributed by atoms with Crippen molar-refractivity contribution in [3.8, 4) is 0 Å². The van der Waals surface area contributed by atoms with Crippen molar-refractivity contribution in [3.05, 3.63) is 29.8 Å². The fraction of sp³-hybridized carbons (Fsp3) is 0.667. The first-order valence-corrected chi connectivity index (χ1v) is 8.67. The number of alkyl halides is 3. The van der Waals surface area contributed by atoms with E-state index in [0.717, 1.165) is 50.1 Å². The molecule has 2 bridgehead atoms. The van der Waals surface area contributed by atoms with Crippen molar-refractivity contribution in [2.24, 2.45) is 11.8 Å². The summed E-state index contributed by atoms with van der Waals surface area (Å²) in [4.78, 5) is 4.69. The molecular weight excluding hydrogens is 301 g/mol. The lowest BCUT2D eigenvalue weighted by atomic mass is 9.93. The van der Waals surface area contributed by atoms with Gasteiger partial charge in [0.1, 0.15) is 0 Å². The third-order valence-corrected chi connectivity index (χ3v) is 6.02. The minimum absolute atomic E-state index is 0.550. The Hall–Kier alpha value is -1.23. The summed E-state index contributed by atoms with van der Waals surface area (Å²) in [6, 6.07) is 6.47. The van der Waals surface area contributed by atoms with E-state index in [9.17, 15) is 13.2 Å². The van der Waals surface area contributed by atoms with Crippen LogP contribution in [-0.4, -0.2) is 37.1 Å². The van der Waals surface area contributed by atoms with Gasteiger partial charge >= 0.3 is 6.18 Å². The Bertz CT molecular complexity index is 564. The highest BCUT2D eigenvalue weighted by Gasteiger charge is 2.42. The molecule has 4 rings (SSSR count). The molecule has 1 heterocycles. The van der Waals surface area contributed by atoms with Gasteiger partial charge in [-0.25, -0.2) is 0 Å². The van der Waals surface area contributed by atoms with Gasteiger partial charge < -0.3 is 4.90 Å². The second-order valence-corrected chi connectivity index (χ2v) is 7.31. The number of anilines is 1. The molecule has 1 aromatic rings. The molecular formula is C18H23F3N2. The Morgan fingerprint density at radius 2 is 1.74 bits per heavy atom. The molecule has 0 spiro atoms. The molecule has 0 N–H and O–H groups in total. The molecule has 0 amide bonds. The number of nitrogens with zero attached hydrogens (tertiary/aromatic N) is 2. The molecule has 2 aliphatic carbocycles. The molecule has 3 fully saturated rings. The lowest BCUT2D eigenvalue weighted by Crippen LogP contribution is -2.51. The second kappa shape index (κ2) is 5.69. The summed E-state index contributed by atoms with van der Waals surface area (Å²) in [5.41, 5.74) is 0.151. The monoisotopic (exact) mass is 324 g/mol. The van der Waals surface area contributed by atoms with Gasteiger partial charge in [0, 0.05) is 37.9 Å². The van der Waals surface area contributed by atoms with Crippen LogP contribution in [0.3, 0.4) is 0 Å². The van der Waals surface area contributed by atoms with Gasteiger partial charge in [0.15, 0.2) is 0 Å². The quantitative estimate of drug-likeness (QED) is 0.811. The molecule has 2 nitrogen and oxygen atoms in total. The molecule has 3 atom stereocenters. The largest absolute Gasteiger partial charge is 0.416 e. The van der Waals surface area contributed by atoms with E-state index in [-0.39, 0.29) is 0 Å². The smallest absolute Gasteiger partial charge is 0.369 e. The van der Waals surface area contributed by atoms with Gasteiger partial charge in [-0.05, 0) is 49.3 Å². The number of hydrogen-bond acceptors (Lipinski definition) is 2. The minimum atomic E-state index is -4.26. The molecule has 0 aromatic heterocycles. The number of hydrogen-bond donors (Lipinski definition) is 0. The first kappa shape index (κ1) is 15.3. The van der Waals surface area contributed by atoms with Gasteiger partial charge in [0.25, 0.3) is 0 Å². The zero-order valence-electron chi connectivity index (χ0n) is 13.2. The van der Waals surface area contributed by atoms with Crippen molar-refractivity contribution in [2.75, 3.05) is 31.1 Å². The maximum absolute atomic E-state index is 12.9. The highest BCUT2D eigenvalue weighted by molar-refractivity contribution is 5.49. The van der Waals surface area contributed by atoms with Crippen LogP contribution in [0.1, 0.15) is 31.2 Å². The van der Waals surface area contributed by atoms with Gasteiger partial charge in [-0.3, -0.25) is 4.90 Å². The lowest BCUT2D eigenvalue weighted by molar-refractivity contribution is -0.137. The molecule has 3 aliphatic rings. The van der Waals surface area contributed by atoms with E-state index in [1.165, 1.54) is 37.8 Å². The maximum atomic E-state index is 12.9. The van der Waals surface area contributed by atoms with Crippen LogP contribution in [0.4, 0.5) is 18.9 Å². The summed E-state index contributed by atoms with van der Waals surface area (Å²) in [5.74, 6) is 1.81. The molecule has 126 valence electrons. The molecule has 1 saturated heterocycles. The van der Waals surface area contributed by atoms with E-state index in [1.54, 1.807) is 6.07 Å². The SMILES string of the molecule is FC(F)(F)c1cccc(N2CCN([C@@H]3C[C@H]4CC[C@H]3C4)CC2)c1. The van der Waals surface area contributed by atoms with Gasteiger partial charge in [0.2, 0.25) is 0 Å². The fourth-order valence-electron chi connectivity index (χ4n) is 4.85. The number of halogens is 3. The van der Waals surface area contributed by atoms with Crippen LogP contribution in [0.15, 0.2) is 24.3 Å². The number of benzene rings is 1. The van der Waals surface area contributed by atoms with Crippen LogP contribution < -0.4 is 4.90 Å². The lowest BCUT2D eigenvalue weighted by Gasteiger charge is -2.42. The summed E-state index contributed by atoms with van der Waals surface area (Å²) in [6.07, 6.45) is 1.27. The Labute approximate surface area is 135 Å². The molecule has 0 unspecified atom stereocenters. The van der Waals surface area contributed by atoms with Crippen molar-refractivity contribution < 1.29 is 13.2 Å². The molecule has 0 radical (unpaired) electrons. The van der Waals surface area contributed by atoms with E-state index in [0.29, 0.717) is 5.69 Å². The summed E-state index contributed by atoms with van der Waals surface area (Å²) in [7, 11) is 0. The Morgan fingerprint density at radius 1 is 0.957 bits per heavy atom. The zero-order chi connectivity index (χ0) is 16.0. The van der Waals surface area contributed by atoms with E-state index in [4.69, 9.17) is 0 Å². The third kappa shape index (κ3) is 2.95. The minimum Gasteiger partial charge on any atom is -0.369 e. The van der Waals surface area contributed by atoms with Crippen LogP contribution in [0.2, 0.25) is 0 Å². The standard InChI is InChI=1S/C18H23F3N2/c19-18(20,21)15-2-1-3-16(12-15)22-6-8-23(9-7-22)17-11-13-4-5-14(17)10-13/h1-3,12-14,17H,4-11H2/t13-,14-,17+/m0/s1. The number of fused-ring (bicyclic) bond motifs is 2. The van der Waals surface area contributed by atoms with E-state index in [1.807, 2.05) is 0 Å². The van der Waals surface area contributed by atoms with Gasteiger partial charge in [-0.15, -0.1) is 0 Å². The summed E-state index contributed by atoms with van der Waals surface area (Å²) >= 11 is 0. The summed E-state index contributed by atoms with van der Waals surface area (Å²) in [6.45, 7) is 3.61. The molecule has 1 aromatic carbocycles. The Balaban J connectivity index is 1.40. The maximum Gasteiger partial charge on any atom is 0.416 e. The van der Waals surface area contributed by atoms with E-state index in [2.05, 4.69) is 9.80 Å². The fourth-order valence-corrected chi connectivity index (χ4v) is 4.85. The van der Waals surface area contributed by atoms with Gasteiger partial charge in [-0.2, -0.15) is 13.2 Å². The average molecular weight is 324 g/mol. The van der Waals surface area contributed by atoms with Crippen molar-refractivity contribution in [3.63, 3.8) is 0 Å². The second-order valence-electron chi connectivity index (χ2n) is 7.31. The highest BCUT2D eigenvalue weighted by atomic mass is 19.4. The van der Waals surface area contributed by atoms with Crippen molar-refractivity contribution in [1.29, 1.82) is 0 Å². The molecule has 5 heteroatoms. The predicted octanol–water partition coefficient (Wildman–Crippen LogP) is 4.02. The highest BCUT2D eigenvalue weighted by Crippen LogP contribution is 2.46. The molecule has 2 saturated carbocycles. The van der Waals surface area contributed by atoms with Crippen LogP contribution in [0, 0.1) is 11.8 Å². The number of piperazine rings is 1. The first-order chi connectivity index (χ1) is 11.0. The van der Waals surface area contributed by atoms with E-state index < -0.39 is 11.7 Å². The van der Waals surface area contributed by atoms with Crippen molar-refractivity contribution in [2.45, 2.75) is 37.9 Å². The normalized spacial score (nSPS) is 31.8. The Kier molecular flexibility index (Phi) is 3.79. The summed E-state index contributed by atoms with van der Waals surface area (Å²) in [5, 5.41) is 0. The number of rotatable bonds is 2. The molecule has 23 heavy (non-hydrogen) atoms. The van der Waals surface area contributed by atoms with Crippen molar-refractivity contribution in [1.82, 2.24) is 4.90 Å². The van der Waals surface area contributed by atoms with Crippen LogP contribution >= 0.6 is 0 Å². The van der Waals surface area contributed by atoms with Crippen LogP contribution in [0.25, 0.3) is 0 Å². The van der Waals surface area contributed by atoms with Crippen molar-refractivity contribution >= 4 is 5.69 Å². The first-order valence-electron chi connectivity index (χ1n) is 8.67. The van der Waals surface area contributed by atoms with Crippen LogP contribution in [0.5, 0.6) is 0 Å². The Morgan fingerprint density at radius 3 is 2.35 bits per heavy atom. The average Bonchev–Trinajstić information content (AvgIpc) is 3.17. The van der Waals surface area contributed by atoms with Gasteiger partial charge in [-0.1, -0.05) is 12.5 Å². The van der Waals surface area contributed by atoms with E-state index >= 15 is 0 Å². The molecule has 1 aliphatic heterocycles. The van der Waals surface area contributed by atoms with Crippen LogP contribution in [-0.2, 0) is 6.18 Å². The third-order valence-electron chi connectivity index (χ3n) is 6.02. The topological polar surface area (TPSA) is 6.48 Å². The summed E-state index contributed by atoms with van der Waals surface area (Å²) < 4.78 is 38.6. The predicted molar refractivity (Wildman–Crippen MR) is 84.5 cm³/mol. The zero-order valence-corrected chi connectivity index (χ0v) is 13.2. The van der Waals surface area contributed by atoms with Gasteiger partial charge in [0.05, 0.1) is 5.56 Å².